The smallest absolute Gasteiger partial charge is 0.272 e. The molecule has 0 saturated carbocycles. The number of aromatic nitrogens is 2. The fourth-order valence-corrected chi connectivity index (χ4v) is 2.75. The SMILES string of the molecule is Cc1ccc(Nc2ccnc(C(=O)N(C)CCc3ccncc3)c2)cc1C. The van der Waals surface area contributed by atoms with Crippen LogP contribution in [0.4, 0.5) is 11.4 Å². The first-order valence-electron chi connectivity index (χ1n) is 8.97. The number of nitrogens with zero attached hydrogens (tertiary/aromatic N) is 3. The van der Waals surface area contributed by atoms with Crippen molar-refractivity contribution in [1.82, 2.24) is 14.9 Å². The van der Waals surface area contributed by atoms with Crippen LogP contribution in [0.3, 0.4) is 0 Å². The van der Waals surface area contributed by atoms with E-state index in [0.717, 1.165) is 23.4 Å². The molecule has 0 fully saturated rings. The predicted molar refractivity (Wildman–Crippen MR) is 108 cm³/mol. The number of carbonyl (C=O) groups is 1. The maximum absolute atomic E-state index is 12.7. The molecular formula is C22H24N4O. The van der Waals surface area contributed by atoms with Crippen molar-refractivity contribution >= 4 is 17.3 Å². The van der Waals surface area contributed by atoms with E-state index in [2.05, 4.69) is 41.3 Å². The van der Waals surface area contributed by atoms with Gasteiger partial charge in [-0.15, -0.1) is 0 Å². The van der Waals surface area contributed by atoms with E-state index < -0.39 is 0 Å². The quantitative estimate of drug-likeness (QED) is 0.717. The molecule has 0 spiro atoms. The van der Waals surface area contributed by atoms with Crippen molar-refractivity contribution in [1.29, 1.82) is 0 Å². The zero-order valence-electron chi connectivity index (χ0n) is 15.9. The third kappa shape index (κ3) is 4.91. The van der Waals surface area contributed by atoms with Crippen LogP contribution in [-0.4, -0.2) is 34.4 Å². The molecule has 5 heteroatoms. The minimum absolute atomic E-state index is 0.0900. The third-order valence-corrected chi connectivity index (χ3v) is 4.61. The lowest BCUT2D eigenvalue weighted by Crippen LogP contribution is -2.29. The van der Waals surface area contributed by atoms with Crippen molar-refractivity contribution in [3.63, 3.8) is 0 Å². The van der Waals surface area contributed by atoms with Crippen LogP contribution in [0.15, 0.2) is 61.1 Å². The number of rotatable bonds is 6. The molecule has 0 radical (unpaired) electrons. The number of anilines is 2. The molecule has 1 amide bonds. The number of carbonyl (C=O) groups excluding carboxylic acids is 1. The van der Waals surface area contributed by atoms with Crippen LogP contribution in [0.1, 0.15) is 27.2 Å². The Morgan fingerprint density at radius 3 is 2.44 bits per heavy atom. The van der Waals surface area contributed by atoms with Gasteiger partial charge in [0.05, 0.1) is 0 Å². The van der Waals surface area contributed by atoms with E-state index >= 15 is 0 Å². The van der Waals surface area contributed by atoms with Gasteiger partial charge in [0.25, 0.3) is 5.91 Å². The second kappa shape index (κ2) is 8.45. The van der Waals surface area contributed by atoms with E-state index in [1.807, 2.05) is 24.3 Å². The van der Waals surface area contributed by atoms with E-state index in [4.69, 9.17) is 0 Å². The van der Waals surface area contributed by atoms with Gasteiger partial charge in [0.15, 0.2) is 0 Å². The minimum atomic E-state index is -0.0900. The van der Waals surface area contributed by atoms with Gasteiger partial charge in [-0.1, -0.05) is 6.07 Å². The van der Waals surface area contributed by atoms with Crippen LogP contribution in [0.25, 0.3) is 0 Å². The molecule has 2 aromatic heterocycles. The molecule has 0 aliphatic heterocycles. The standard InChI is InChI=1S/C22H24N4O/c1-16-4-5-19(14-17(16)2)25-20-8-12-24-21(15-20)22(27)26(3)13-9-18-6-10-23-11-7-18/h4-8,10-12,14-15H,9,13H2,1-3H3,(H,24,25). The topological polar surface area (TPSA) is 58.1 Å². The Bertz CT molecular complexity index is 925. The number of nitrogens with one attached hydrogen (secondary N) is 1. The lowest BCUT2D eigenvalue weighted by molar-refractivity contribution is 0.0791. The first-order chi connectivity index (χ1) is 13.0. The van der Waals surface area contributed by atoms with Crippen molar-refractivity contribution in [3.8, 4) is 0 Å². The second-order valence-corrected chi connectivity index (χ2v) is 6.69. The van der Waals surface area contributed by atoms with Crippen LogP contribution < -0.4 is 5.32 Å². The maximum atomic E-state index is 12.7. The van der Waals surface area contributed by atoms with Crippen LogP contribution in [-0.2, 0) is 6.42 Å². The summed E-state index contributed by atoms with van der Waals surface area (Å²) in [5, 5.41) is 3.35. The van der Waals surface area contributed by atoms with Gasteiger partial charge in [-0.3, -0.25) is 14.8 Å². The average Bonchev–Trinajstić information content (AvgIpc) is 2.69. The first-order valence-corrected chi connectivity index (χ1v) is 8.97. The Balaban J connectivity index is 1.66. The summed E-state index contributed by atoms with van der Waals surface area (Å²) in [7, 11) is 1.80. The van der Waals surface area contributed by atoms with Crippen molar-refractivity contribution in [2.75, 3.05) is 18.9 Å². The van der Waals surface area contributed by atoms with E-state index in [1.165, 1.54) is 11.1 Å². The van der Waals surface area contributed by atoms with Crippen molar-refractivity contribution in [2.24, 2.45) is 0 Å². The van der Waals surface area contributed by atoms with Gasteiger partial charge in [0, 0.05) is 43.6 Å². The number of benzene rings is 1. The lowest BCUT2D eigenvalue weighted by atomic mass is 10.1. The summed E-state index contributed by atoms with van der Waals surface area (Å²) >= 11 is 0. The highest BCUT2D eigenvalue weighted by atomic mass is 16.2. The summed E-state index contributed by atoms with van der Waals surface area (Å²) in [6.45, 7) is 4.79. The Morgan fingerprint density at radius 1 is 0.963 bits per heavy atom. The van der Waals surface area contributed by atoms with Gasteiger partial charge in [0.1, 0.15) is 5.69 Å². The third-order valence-electron chi connectivity index (χ3n) is 4.61. The number of hydrogen-bond donors (Lipinski definition) is 1. The lowest BCUT2D eigenvalue weighted by Gasteiger charge is -2.17. The number of pyridine rings is 2. The normalized spacial score (nSPS) is 10.5. The molecule has 0 unspecified atom stereocenters. The zero-order chi connectivity index (χ0) is 19.2. The van der Waals surface area contributed by atoms with Gasteiger partial charge >= 0.3 is 0 Å². The fraction of sp³-hybridized carbons (Fsp3) is 0.227. The largest absolute Gasteiger partial charge is 0.355 e. The Morgan fingerprint density at radius 2 is 1.70 bits per heavy atom. The monoisotopic (exact) mass is 360 g/mol. The number of aryl methyl sites for hydroxylation is 2. The van der Waals surface area contributed by atoms with Gasteiger partial charge in [-0.25, -0.2) is 0 Å². The van der Waals surface area contributed by atoms with Crippen LogP contribution in [0, 0.1) is 13.8 Å². The van der Waals surface area contributed by atoms with Crippen LogP contribution in [0.2, 0.25) is 0 Å². The summed E-state index contributed by atoms with van der Waals surface area (Å²) in [4.78, 5) is 22.6. The van der Waals surface area contributed by atoms with Crippen molar-refractivity contribution in [2.45, 2.75) is 20.3 Å². The highest BCUT2D eigenvalue weighted by molar-refractivity contribution is 5.93. The second-order valence-electron chi connectivity index (χ2n) is 6.69. The molecule has 2 heterocycles. The van der Waals surface area contributed by atoms with Gasteiger partial charge in [-0.05, 0) is 73.4 Å². The molecule has 0 aliphatic rings. The predicted octanol–water partition coefficient (Wildman–Crippen LogP) is 4.15. The van der Waals surface area contributed by atoms with Gasteiger partial charge < -0.3 is 10.2 Å². The summed E-state index contributed by atoms with van der Waals surface area (Å²) in [5.41, 5.74) is 5.90. The maximum Gasteiger partial charge on any atom is 0.272 e. The van der Waals surface area contributed by atoms with E-state index in [9.17, 15) is 4.79 Å². The number of hydrogen-bond acceptors (Lipinski definition) is 4. The molecule has 0 bridgehead atoms. The molecule has 0 atom stereocenters. The molecule has 1 N–H and O–H groups in total. The molecule has 5 nitrogen and oxygen atoms in total. The summed E-state index contributed by atoms with van der Waals surface area (Å²) < 4.78 is 0. The van der Waals surface area contributed by atoms with Gasteiger partial charge in [0.2, 0.25) is 0 Å². The highest BCUT2D eigenvalue weighted by Gasteiger charge is 2.13. The highest BCUT2D eigenvalue weighted by Crippen LogP contribution is 2.20. The van der Waals surface area contributed by atoms with Crippen molar-refractivity contribution < 1.29 is 4.79 Å². The average molecular weight is 360 g/mol. The molecule has 3 rings (SSSR count). The first kappa shape index (κ1) is 18.6. The molecule has 138 valence electrons. The Kier molecular flexibility index (Phi) is 5.81. The molecule has 0 saturated heterocycles. The summed E-state index contributed by atoms with van der Waals surface area (Å²) in [6, 6.07) is 13.8. The molecule has 27 heavy (non-hydrogen) atoms. The van der Waals surface area contributed by atoms with E-state index in [-0.39, 0.29) is 5.91 Å². The fourth-order valence-electron chi connectivity index (χ4n) is 2.75. The van der Waals surface area contributed by atoms with Crippen LogP contribution >= 0.6 is 0 Å². The number of amides is 1. The Labute approximate surface area is 160 Å². The van der Waals surface area contributed by atoms with E-state index in [1.54, 1.807) is 36.6 Å². The minimum Gasteiger partial charge on any atom is -0.355 e. The molecule has 0 aliphatic carbocycles. The molecule has 1 aromatic carbocycles. The summed E-state index contributed by atoms with van der Waals surface area (Å²) in [5.74, 6) is -0.0900. The zero-order valence-corrected chi connectivity index (χ0v) is 15.9. The van der Waals surface area contributed by atoms with E-state index in [0.29, 0.717) is 12.2 Å². The molecular weight excluding hydrogens is 336 g/mol. The van der Waals surface area contributed by atoms with Crippen LogP contribution in [0.5, 0.6) is 0 Å². The molecule has 3 aromatic rings. The number of likely N-dealkylation sites (N-methyl/N-ethyl adjacent to an activating group) is 1. The summed E-state index contributed by atoms with van der Waals surface area (Å²) in [6.07, 6.45) is 5.97. The van der Waals surface area contributed by atoms with Crippen molar-refractivity contribution in [3.05, 3.63) is 83.4 Å². The van der Waals surface area contributed by atoms with Gasteiger partial charge in [-0.2, -0.15) is 0 Å². The Hall–Kier alpha value is -3.21.